The van der Waals surface area contributed by atoms with Crippen molar-refractivity contribution in [3.63, 3.8) is 0 Å². The number of rotatable bonds is 8. The average molecular weight is 401 g/mol. The highest BCUT2D eigenvalue weighted by atomic mass is 79.9. The van der Waals surface area contributed by atoms with Crippen LogP contribution in [-0.4, -0.2) is 62.0 Å². The minimum absolute atomic E-state index is 0.307. The Hall–Kier alpha value is -1.05. The van der Waals surface area contributed by atoms with E-state index in [1.807, 2.05) is 14.1 Å². The van der Waals surface area contributed by atoms with Crippen LogP contribution in [0.25, 0.3) is 0 Å². The summed E-state index contributed by atoms with van der Waals surface area (Å²) in [5.41, 5.74) is 1.23. The lowest BCUT2D eigenvalue weighted by Gasteiger charge is -2.22. The first-order chi connectivity index (χ1) is 11.6. The number of aliphatic imine (C=N–C) groups is 1. The van der Waals surface area contributed by atoms with E-state index in [4.69, 9.17) is 9.47 Å². The van der Waals surface area contributed by atoms with Gasteiger partial charge in [0.05, 0.1) is 19.3 Å². The van der Waals surface area contributed by atoms with E-state index in [-0.39, 0.29) is 0 Å². The second kappa shape index (κ2) is 10.1. The first-order valence-corrected chi connectivity index (χ1v) is 9.31. The quantitative estimate of drug-likeness (QED) is 0.413. The van der Waals surface area contributed by atoms with Crippen molar-refractivity contribution in [2.24, 2.45) is 12.0 Å². The van der Waals surface area contributed by atoms with Crippen molar-refractivity contribution in [2.75, 3.05) is 40.5 Å². The van der Waals surface area contributed by atoms with Gasteiger partial charge in [0.25, 0.3) is 0 Å². The summed E-state index contributed by atoms with van der Waals surface area (Å²) in [5.74, 6) is 0.895. The molecule has 2 heterocycles. The second-order valence-electron chi connectivity index (χ2n) is 6.15. The highest BCUT2D eigenvalue weighted by Gasteiger charge is 2.15. The summed E-state index contributed by atoms with van der Waals surface area (Å²) in [6.07, 6.45) is 5.61. The van der Waals surface area contributed by atoms with Crippen molar-refractivity contribution in [2.45, 2.75) is 31.9 Å². The lowest BCUT2D eigenvalue weighted by atomic mass is 10.2. The number of aryl methyl sites for hydroxylation is 1. The number of hydrogen-bond donors (Lipinski definition) is 1. The molecule has 0 bridgehead atoms. The van der Waals surface area contributed by atoms with Crippen LogP contribution < -0.4 is 5.32 Å². The monoisotopic (exact) mass is 400 g/mol. The zero-order valence-electron chi connectivity index (χ0n) is 14.9. The number of aromatic nitrogens is 1. The van der Waals surface area contributed by atoms with Crippen molar-refractivity contribution in [3.05, 3.63) is 22.4 Å². The molecular formula is C17H29BrN4O2. The average Bonchev–Trinajstić information content (AvgIpc) is 3.16. The Bertz CT molecular complexity index is 527. The van der Waals surface area contributed by atoms with Gasteiger partial charge < -0.3 is 24.3 Å². The molecule has 1 unspecified atom stereocenters. The maximum Gasteiger partial charge on any atom is 0.193 e. The summed E-state index contributed by atoms with van der Waals surface area (Å²) in [6.45, 7) is 4.00. The fraction of sp³-hybridized carbons (Fsp3) is 0.706. The van der Waals surface area contributed by atoms with E-state index in [0.717, 1.165) is 62.6 Å². The zero-order chi connectivity index (χ0) is 17.4. The molecule has 6 nitrogen and oxygen atoms in total. The Morgan fingerprint density at radius 3 is 3.04 bits per heavy atom. The van der Waals surface area contributed by atoms with Crippen LogP contribution >= 0.6 is 15.9 Å². The third-order valence-corrected chi connectivity index (χ3v) is 4.56. The Kier molecular flexibility index (Phi) is 8.08. The van der Waals surface area contributed by atoms with Gasteiger partial charge in [-0.3, -0.25) is 4.99 Å². The maximum absolute atomic E-state index is 5.68. The van der Waals surface area contributed by atoms with E-state index in [0.29, 0.717) is 6.10 Å². The molecular weight excluding hydrogens is 372 g/mol. The minimum atomic E-state index is 0.307. The normalized spacial score (nSPS) is 18.2. The number of nitrogens with zero attached hydrogens (tertiary/aromatic N) is 3. The lowest BCUT2D eigenvalue weighted by molar-refractivity contribution is 0.0168. The molecule has 2 rings (SSSR count). The topological polar surface area (TPSA) is 51.0 Å². The number of ether oxygens (including phenoxy) is 2. The summed E-state index contributed by atoms with van der Waals surface area (Å²) in [4.78, 5) is 6.47. The third kappa shape index (κ3) is 6.11. The fourth-order valence-electron chi connectivity index (χ4n) is 2.79. The first-order valence-electron chi connectivity index (χ1n) is 8.52. The second-order valence-corrected chi connectivity index (χ2v) is 7.07. The molecule has 136 valence electrons. The van der Waals surface area contributed by atoms with Gasteiger partial charge in [-0.05, 0) is 41.3 Å². The molecule has 1 aromatic rings. The van der Waals surface area contributed by atoms with Crippen LogP contribution in [0, 0.1) is 0 Å². The van der Waals surface area contributed by atoms with Crippen LogP contribution in [0.4, 0.5) is 0 Å². The van der Waals surface area contributed by atoms with E-state index in [9.17, 15) is 0 Å². The van der Waals surface area contributed by atoms with Crippen LogP contribution in [-0.2, 0) is 23.1 Å². The molecule has 24 heavy (non-hydrogen) atoms. The minimum Gasteiger partial charge on any atom is -0.379 e. The smallest absolute Gasteiger partial charge is 0.193 e. The largest absolute Gasteiger partial charge is 0.379 e. The molecule has 7 heteroatoms. The summed E-state index contributed by atoms with van der Waals surface area (Å²) in [7, 11) is 5.91. The molecule has 1 N–H and O–H groups in total. The van der Waals surface area contributed by atoms with Crippen molar-refractivity contribution < 1.29 is 9.47 Å². The van der Waals surface area contributed by atoms with E-state index >= 15 is 0 Å². The molecule has 1 atom stereocenters. The van der Waals surface area contributed by atoms with E-state index < -0.39 is 0 Å². The number of guanidine groups is 1. The predicted molar refractivity (Wildman–Crippen MR) is 100 cm³/mol. The van der Waals surface area contributed by atoms with Gasteiger partial charge in [-0.2, -0.15) is 0 Å². The highest BCUT2D eigenvalue weighted by Crippen LogP contribution is 2.15. The summed E-state index contributed by atoms with van der Waals surface area (Å²) < 4.78 is 14.4. The van der Waals surface area contributed by atoms with Crippen LogP contribution in [0.15, 0.2) is 21.7 Å². The van der Waals surface area contributed by atoms with E-state index in [2.05, 4.69) is 55.0 Å². The van der Waals surface area contributed by atoms with E-state index in [1.54, 1.807) is 0 Å². The zero-order valence-corrected chi connectivity index (χ0v) is 16.5. The van der Waals surface area contributed by atoms with Gasteiger partial charge in [0.15, 0.2) is 5.96 Å². The predicted octanol–water partition coefficient (Wildman–Crippen LogP) is 2.38. The van der Waals surface area contributed by atoms with Gasteiger partial charge >= 0.3 is 0 Å². The van der Waals surface area contributed by atoms with Crippen molar-refractivity contribution >= 4 is 21.9 Å². The van der Waals surface area contributed by atoms with Crippen molar-refractivity contribution in [3.8, 4) is 0 Å². The first kappa shape index (κ1) is 19.3. The molecule has 0 saturated carbocycles. The Labute approximate surface area is 153 Å². The molecule has 1 saturated heterocycles. The standard InChI is InChI=1S/C17H29BrN4O2/c1-19-17(22(3)12-15-10-14(18)11-21(15)2)20-7-5-8-23-13-16-6-4-9-24-16/h10-11,16H,4-9,12-13H2,1-3H3,(H,19,20). The molecule has 1 aromatic heterocycles. The molecule has 1 aliphatic heterocycles. The third-order valence-electron chi connectivity index (χ3n) is 4.12. The molecule has 0 spiro atoms. The van der Waals surface area contributed by atoms with Gasteiger partial charge in [0, 0.05) is 57.3 Å². The molecule has 0 amide bonds. The van der Waals surface area contributed by atoms with Crippen LogP contribution in [0.5, 0.6) is 0 Å². The van der Waals surface area contributed by atoms with Crippen LogP contribution in [0.3, 0.4) is 0 Å². The summed E-state index contributed by atoms with van der Waals surface area (Å²) >= 11 is 3.51. The lowest BCUT2D eigenvalue weighted by Crippen LogP contribution is -2.39. The number of hydrogen-bond acceptors (Lipinski definition) is 3. The van der Waals surface area contributed by atoms with E-state index in [1.165, 1.54) is 5.69 Å². The molecule has 1 fully saturated rings. The highest BCUT2D eigenvalue weighted by molar-refractivity contribution is 9.10. The van der Waals surface area contributed by atoms with Gasteiger partial charge in [-0.1, -0.05) is 0 Å². The fourth-order valence-corrected chi connectivity index (χ4v) is 3.36. The number of nitrogens with one attached hydrogen (secondary N) is 1. The van der Waals surface area contributed by atoms with Gasteiger partial charge in [-0.15, -0.1) is 0 Å². The van der Waals surface area contributed by atoms with Crippen LogP contribution in [0.1, 0.15) is 25.0 Å². The van der Waals surface area contributed by atoms with Gasteiger partial charge in [0.2, 0.25) is 0 Å². The van der Waals surface area contributed by atoms with Crippen molar-refractivity contribution in [1.82, 2.24) is 14.8 Å². The Morgan fingerprint density at radius 1 is 1.58 bits per heavy atom. The maximum atomic E-state index is 5.68. The van der Waals surface area contributed by atoms with Crippen molar-refractivity contribution in [1.29, 1.82) is 0 Å². The SMILES string of the molecule is CN=C(NCCCOCC1CCCO1)N(C)Cc1cc(Br)cn1C. The molecule has 0 radical (unpaired) electrons. The van der Waals surface area contributed by atoms with Crippen LogP contribution in [0.2, 0.25) is 0 Å². The number of halogens is 1. The van der Waals surface area contributed by atoms with Gasteiger partial charge in [-0.25, -0.2) is 0 Å². The summed E-state index contributed by atoms with van der Waals surface area (Å²) in [5, 5.41) is 3.39. The Balaban J connectivity index is 1.63. The Morgan fingerprint density at radius 2 is 2.42 bits per heavy atom. The molecule has 0 aromatic carbocycles. The molecule has 0 aliphatic carbocycles. The van der Waals surface area contributed by atoms with Gasteiger partial charge in [0.1, 0.15) is 0 Å². The molecule has 1 aliphatic rings. The summed E-state index contributed by atoms with van der Waals surface area (Å²) in [6, 6.07) is 2.13.